The number of carbonyl (C=O) groups excluding carboxylic acids is 1. The first-order valence-corrected chi connectivity index (χ1v) is 17.1. The van der Waals surface area contributed by atoms with Crippen LogP contribution in [0.5, 0.6) is 0 Å². The Balaban J connectivity index is 4.34. The van der Waals surface area contributed by atoms with Crippen molar-refractivity contribution in [3.63, 3.8) is 0 Å². The highest BCUT2D eigenvalue weighted by Crippen LogP contribution is 2.38. The predicted molar refractivity (Wildman–Crippen MR) is 173 cm³/mol. The summed E-state index contributed by atoms with van der Waals surface area (Å²) >= 11 is 0. The van der Waals surface area contributed by atoms with Crippen LogP contribution < -0.4 is 10.2 Å². The van der Waals surface area contributed by atoms with Gasteiger partial charge in [-0.05, 0) is 51.4 Å². The van der Waals surface area contributed by atoms with E-state index in [4.69, 9.17) is 9.05 Å². The second kappa shape index (κ2) is 25.7. The summed E-state index contributed by atoms with van der Waals surface area (Å²) in [4.78, 5) is 24.7. The van der Waals surface area contributed by atoms with Gasteiger partial charge in [0.05, 0.1) is 39.9 Å². The maximum atomic E-state index is 12.5. The highest BCUT2D eigenvalue weighted by molar-refractivity contribution is 7.45. The zero-order valence-corrected chi connectivity index (χ0v) is 27.8. The fraction of sp³-hybridized carbons (Fsp3) is 0.667. The number of phosphoric acid groups is 1. The number of carbonyl (C=O) groups is 1. The zero-order chi connectivity index (χ0) is 31.5. The summed E-state index contributed by atoms with van der Waals surface area (Å²) in [6.45, 7) is 4.23. The largest absolute Gasteiger partial charge is 0.756 e. The van der Waals surface area contributed by atoms with E-state index in [9.17, 15) is 19.4 Å². The Bertz CT molecular complexity index is 876. The molecule has 0 spiro atoms. The number of amides is 1. The van der Waals surface area contributed by atoms with Crippen LogP contribution in [0.3, 0.4) is 0 Å². The molecule has 0 aliphatic heterocycles. The van der Waals surface area contributed by atoms with Gasteiger partial charge in [0.2, 0.25) is 5.91 Å². The molecule has 0 bridgehead atoms. The molecule has 0 fully saturated rings. The lowest BCUT2D eigenvalue weighted by Crippen LogP contribution is -2.45. The molecule has 0 aliphatic rings. The zero-order valence-electron chi connectivity index (χ0n) is 26.9. The summed E-state index contributed by atoms with van der Waals surface area (Å²) in [5, 5.41) is 13.3. The van der Waals surface area contributed by atoms with Gasteiger partial charge in [-0.25, -0.2) is 0 Å². The quantitative estimate of drug-likeness (QED) is 0.0498. The Hall–Kier alpha value is -1.80. The van der Waals surface area contributed by atoms with Gasteiger partial charge in [-0.2, -0.15) is 0 Å². The van der Waals surface area contributed by atoms with E-state index in [0.29, 0.717) is 17.4 Å². The summed E-state index contributed by atoms with van der Waals surface area (Å²) < 4.78 is 22.7. The molecule has 0 aromatic carbocycles. The van der Waals surface area contributed by atoms with Crippen LogP contribution in [0.1, 0.15) is 90.9 Å². The van der Waals surface area contributed by atoms with E-state index in [1.165, 1.54) is 0 Å². The van der Waals surface area contributed by atoms with Crippen molar-refractivity contribution < 1.29 is 32.9 Å². The van der Waals surface area contributed by atoms with E-state index < -0.39 is 26.6 Å². The Morgan fingerprint density at radius 1 is 0.857 bits per heavy atom. The number of hydrogen-bond donors (Lipinski definition) is 2. The first-order valence-electron chi connectivity index (χ1n) is 15.7. The number of aliphatic hydroxyl groups is 1. The molecule has 42 heavy (non-hydrogen) atoms. The van der Waals surface area contributed by atoms with Crippen LogP contribution >= 0.6 is 7.82 Å². The average molecular weight is 611 g/mol. The smallest absolute Gasteiger partial charge is 0.268 e. The molecule has 3 unspecified atom stereocenters. The summed E-state index contributed by atoms with van der Waals surface area (Å²) in [5.41, 5.74) is 0. The number of unbranched alkanes of at least 4 members (excludes halogenated alkanes) is 5. The molecular weight excluding hydrogens is 551 g/mol. The third-order valence-electron chi connectivity index (χ3n) is 6.21. The number of hydrogen-bond acceptors (Lipinski definition) is 6. The second-order valence-electron chi connectivity index (χ2n) is 11.4. The fourth-order valence-electron chi connectivity index (χ4n) is 3.68. The molecule has 1 amide bonds. The molecule has 0 aromatic heterocycles. The lowest BCUT2D eigenvalue weighted by Gasteiger charge is -2.29. The van der Waals surface area contributed by atoms with E-state index in [-0.39, 0.29) is 12.5 Å². The first kappa shape index (κ1) is 40.2. The number of phosphoric ester groups is 1. The van der Waals surface area contributed by atoms with Crippen LogP contribution in [-0.4, -0.2) is 68.5 Å². The van der Waals surface area contributed by atoms with Crippen molar-refractivity contribution in [3.05, 3.63) is 60.8 Å². The van der Waals surface area contributed by atoms with Crippen LogP contribution in [0.4, 0.5) is 0 Å². The van der Waals surface area contributed by atoms with Crippen molar-refractivity contribution in [3.8, 4) is 0 Å². The van der Waals surface area contributed by atoms with Crippen molar-refractivity contribution in [2.45, 2.75) is 103 Å². The van der Waals surface area contributed by atoms with Crippen molar-refractivity contribution in [1.82, 2.24) is 5.32 Å². The first-order chi connectivity index (χ1) is 20.0. The standard InChI is InChI=1S/C33H59N2O6P/c1-6-8-10-11-12-13-14-15-16-17-18-19-20-21-22-23-25-27-33(37)34-31(32(36)26-24-9-7-2)30-41-42(38,39)40-29-28-35(3,4)5/h8,10,12-13,15-16,18-19,24,26,31-32,36H,6-7,9,11,14,17,20-23,25,27-30H2,1-5H3,(H-,34,37,38,39)/b10-8-,13-12-,16-15-,19-18-,26-24+. The third kappa shape index (κ3) is 27.1. The van der Waals surface area contributed by atoms with Gasteiger partial charge in [-0.1, -0.05) is 93.9 Å². The molecule has 0 rings (SSSR count). The number of allylic oxidation sites excluding steroid dienone is 9. The molecule has 0 heterocycles. The normalized spacial score (nSPS) is 15.9. The van der Waals surface area contributed by atoms with E-state index in [0.717, 1.165) is 70.6 Å². The number of nitrogens with zero attached hydrogens (tertiary/aromatic N) is 1. The van der Waals surface area contributed by atoms with Gasteiger partial charge in [0.25, 0.3) is 7.82 Å². The van der Waals surface area contributed by atoms with E-state index in [1.54, 1.807) is 6.08 Å². The monoisotopic (exact) mass is 610 g/mol. The van der Waals surface area contributed by atoms with Crippen LogP contribution in [0, 0.1) is 0 Å². The van der Waals surface area contributed by atoms with Gasteiger partial charge in [0.15, 0.2) is 0 Å². The van der Waals surface area contributed by atoms with E-state index in [2.05, 4.69) is 60.8 Å². The Morgan fingerprint density at radius 2 is 1.45 bits per heavy atom. The van der Waals surface area contributed by atoms with Crippen molar-refractivity contribution >= 4 is 13.7 Å². The minimum Gasteiger partial charge on any atom is -0.756 e. The lowest BCUT2D eigenvalue weighted by molar-refractivity contribution is -0.870. The molecular formula is C33H59N2O6P. The van der Waals surface area contributed by atoms with Gasteiger partial charge in [-0.15, -0.1) is 0 Å². The van der Waals surface area contributed by atoms with Gasteiger partial charge >= 0.3 is 0 Å². The van der Waals surface area contributed by atoms with Crippen LogP contribution in [-0.2, 0) is 18.4 Å². The van der Waals surface area contributed by atoms with Gasteiger partial charge < -0.3 is 28.8 Å². The van der Waals surface area contributed by atoms with E-state index in [1.807, 2.05) is 34.1 Å². The summed E-state index contributed by atoms with van der Waals surface area (Å²) in [6.07, 6.45) is 30.6. The van der Waals surface area contributed by atoms with Gasteiger partial charge in [-0.3, -0.25) is 9.36 Å². The average Bonchev–Trinajstić information content (AvgIpc) is 2.92. The molecule has 242 valence electrons. The number of rotatable bonds is 26. The molecule has 3 atom stereocenters. The molecule has 2 N–H and O–H groups in total. The molecule has 8 nitrogen and oxygen atoms in total. The fourth-order valence-corrected chi connectivity index (χ4v) is 4.40. The number of likely N-dealkylation sites (N-methyl/N-ethyl adjacent to an activating group) is 1. The summed E-state index contributed by atoms with van der Waals surface area (Å²) in [7, 11) is 1.22. The number of aliphatic hydroxyl groups excluding tert-OH is 1. The summed E-state index contributed by atoms with van der Waals surface area (Å²) in [5.74, 6) is -0.239. The van der Waals surface area contributed by atoms with Gasteiger partial charge in [0, 0.05) is 6.42 Å². The third-order valence-corrected chi connectivity index (χ3v) is 7.18. The Kier molecular flexibility index (Phi) is 24.6. The molecule has 0 aliphatic carbocycles. The van der Waals surface area contributed by atoms with Gasteiger partial charge in [0.1, 0.15) is 13.2 Å². The lowest BCUT2D eigenvalue weighted by atomic mass is 10.1. The van der Waals surface area contributed by atoms with Crippen LogP contribution in [0.2, 0.25) is 0 Å². The maximum Gasteiger partial charge on any atom is 0.268 e. The highest BCUT2D eigenvalue weighted by atomic mass is 31.2. The molecule has 0 saturated heterocycles. The summed E-state index contributed by atoms with van der Waals surface area (Å²) in [6, 6.07) is -0.895. The minimum absolute atomic E-state index is 0.0114. The molecule has 0 radical (unpaired) electrons. The second-order valence-corrected chi connectivity index (χ2v) is 12.8. The SMILES string of the molecule is CC/C=C\C/C=C\C/C=C\C/C=C\CCCCCCC(=O)NC(COP(=O)([O-])OCC[N+](C)(C)C)C(O)/C=C/CCC. The minimum atomic E-state index is -4.56. The van der Waals surface area contributed by atoms with E-state index >= 15 is 0 Å². The van der Waals surface area contributed by atoms with Crippen LogP contribution in [0.25, 0.3) is 0 Å². The molecule has 9 heteroatoms. The van der Waals surface area contributed by atoms with Crippen molar-refractivity contribution in [2.75, 3.05) is 40.9 Å². The highest BCUT2D eigenvalue weighted by Gasteiger charge is 2.23. The van der Waals surface area contributed by atoms with Crippen molar-refractivity contribution in [2.24, 2.45) is 0 Å². The number of quaternary nitrogens is 1. The van der Waals surface area contributed by atoms with Crippen molar-refractivity contribution in [1.29, 1.82) is 0 Å². The predicted octanol–water partition coefficient (Wildman–Crippen LogP) is 6.54. The Morgan fingerprint density at radius 3 is 2.05 bits per heavy atom. The molecule has 0 aromatic rings. The number of nitrogens with one attached hydrogen (secondary N) is 1. The maximum absolute atomic E-state index is 12.5. The van der Waals surface area contributed by atoms with Crippen LogP contribution in [0.15, 0.2) is 60.8 Å². The Labute approximate surface area is 256 Å². The topological polar surface area (TPSA) is 108 Å². The molecule has 0 saturated carbocycles.